The van der Waals surface area contributed by atoms with Crippen molar-refractivity contribution in [2.75, 3.05) is 31.1 Å². The molecule has 0 aliphatic rings. The van der Waals surface area contributed by atoms with E-state index in [1.165, 1.54) is 11.4 Å². The predicted octanol–water partition coefficient (Wildman–Crippen LogP) is 2.51. The Balaban J connectivity index is 1.88. The Kier molecular flexibility index (Phi) is 8.44. The van der Waals surface area contributed by atoms with Crippen molar-refractivity contribution in [1.82, 2.24) is 5.32 Å². The van der Waals surface area contributed by atoms with Gasteiger partial charge in [-0.15, -0.1) is 0 Å². The molecule has 9 heteroatoms. The van der Waals surface area contributed by atoms with E-state index in [0.717, 1.165) is 5.56 Å². The molecule has 2 aromatic rings. The van der Waals surface area contributed by atoms with Crippen molar-refractivity contribution in [3.8, 4) is 5.75 Å². The van der Waals surface area contributed by atoms with Crippen LogP contribution in [-0.4, -0.2) is 47.1 Å². The van der Waals surface area contributed by atoms with Crippen LogP contribution in [0.1, 0.15) is 19.4 Å². The zero-order valence-electron chi connectivity index (χ0n) is 18.1. The normalized spacial score (nSPS) is 11.1. The third-order valence-electron chi connectivity index (χ3n) is 4.31. The van der Waals surface area contributed by atoms with Gasteiger partial charge in [0.25, 0.3) is 15.9 Å². The molecule has 0 aliphatic heterocycles. The Morgan fingerprint density at radius 3 is 2.19 bits per heavy atom. The first-order valence-electron chi connectivity index (χ1n) is 9.80. The van der Waals surface area contributed by atoms with Gasteiger partial charge in [-0.05, 0) is 49.2 Å². The van der Waals surface area contributed by atoms with Crippen molar-refractivity contribution in [3.63, 3.8) is 0 Å². The molecule has 0 fully saturated rings. The Bertz CT molecular complexity index is 986. The minimum absolute atomic E-state index is 0.195. The summed E-state index contributed by atoms with van der Waals surface area (Å²) in [7, 11) is -2.23. The van der Waals surface area contributed by atoms with Crippen LogP contribution in [-0.2, 0) is 24.3 Å². The molecular formula is C22H28N2O6S. The summed E-state index contributed by atoms with van der Waals surface area (Å²) in [5.41, 5.74) is 1.41. The molecule has 0 spiro atoms. The molecule has 0 radical (unpaired) electrons. The molecule has 1 N–H and O–H groups in total. The Labute approximate surface area is 183 Å². The number of benzene rings is 2. The van der Waals surface area contributed by atoms with Gasteiger partial charge in [-0.1, -0.05) is 31.5 Å². The molecule has 0 aromatic heterocycles. The summed E-state index contributed by atoms with van der Waals surface area (Å²) in [6.07, 6.45) is 0. The first-order valence-corrected chi connectivity index (χ1v) is 11.2. The minimum atomic E-state index is -3.69. The number of aryl methyl sites for hydroxylation is 1. The van der Waals surface area contributed by atoms with Crippen LogP contribution < -0.4 is 14.4 Å². The molecule has 1 amide bonds. The first kappa shape index (κ1) is 24.2. The van der Waals surface area contributed by atoms with Crippen LogP contribution in [0.3, 0.4) is 0 Å². The number of nitrogens with zero attached hydrogens (tertiary/aromatic N) is 1. The lowest BCUT2D eigenvalue weighted by Gasteiger charge is -2.20. The molecule has 31 heavy (non-hydrogen) atoms. The average molecular weight is 449 g/mol. The highest BCUT2D eigenvalue weighted by Crippen LogP contribution is 2.24. The van der Waals surface area contributed by atoms with Crippen molar-refractivity contribution in [1.29, 1.82) is 0 Å². The highest BCUT2D eigenvalue weighted by atomic mass is 32.2. The fraction of sp³-hybridized carbons (Fsp3) is 0.364. The molecule has 0 bridgehead atoms. The van der Waals surface area contributed by atoms with Gasteiger partial charge in [0.05, 0.1) is 10.6 Å². The van der Waals surface area contributed by atoms with Gasteiger partial charge in [-0.2, -0.15) is 0 Å². The third kappa shape index (κ3) is 7.29. The second kappa shape index (κ2) is 10.8. The van der Waals surface area contributed by atoms with Crippen LogP contribution in [0.25, 0.3) is 0 Å². The highest BCUT2D eigenvalue weighted by molar-refractivity contribution is 7.92. The third-order valence-corrected chi connectivity index (χ3v) is 6.11. The monoisotopic (exact) mass is 448 g/mol. The van der Waals surface area contributed by atoms with Gasteiger partial charge in [0, 0.05) is 13.6 Å². The van der Waals surface area contributed by atoms with Crippen LogP contribution >= 0.6 is 0 Å². The van der Waals surface area contributed by atoms with Crippen LogP contribution in [0, 0.1) is 12.8 Å². The van der Waals surface area contributed by atoms with E-state index in [1.807, 2.05) is 20.8 Å². The number of nitrogens with one attached hydrogen (secondary N) is 1. The van der Waals surface area contributed by atoms with E-state index in [-0.39, 0.29) is 24.0 Å². The maximum atomic E-state index is 12.8. The van der Waals surface area contributed by atoms with Crippen LogP contribution in [0.15, 0.2) is 53.4 Å². The van der Waals surface area contributed by atoms with Crippen molar-refractivity contribution in [2.45, 2.75) is 25.7 Å². The molecule has 0 heterocycles. The molecule has 0 atom stereocenters. The zero-order valence-corrected chi connectivity index (χ0v) is 18.9. The van der Waals surface area contributed by atoms with Gasteiger partial charge in [-0.25, -0.2) is 13.2 Å². The van der Waals surface area contributed by atoms with Crippen molar-refractivity contribution < 1.29 is 27.5 Å². The summed E-state index contributed by atoms with van der Waals surface area (Å²) >= 11 is 0. The van der Waals surface area contributed by atoms with Crippen molar-refractivity contribution >= 4 is 27.6 Å². The van der Waals surface area contributed by atoms with Gasteiger partial charge in [-0.3, -0.25) is 9.10 Å². The topological polar surface area (TPSA) is 102 Å². The number of ether oxygens (including phenoxy) is 2. The molecule has 0 saturated heterocycles. The van der Waals surface area contributed by atoms with Gasteiger partial charge in [0.2, 0.25) is 0 Å². The molecule has 168 valence electrons. The Morgan fingerprint density at radius 2 is 1.61 bits per heavy atom. The standard InChI is InChI=1S/C22H28N2O6S/c1-16(2)13-23-21(25)14-30-22(26)15-29-19-9-7-18(8-10-19)24(4)31(27,28)20-11-5-17(3)6-12-20/h5-12,16H,13-15H2,1-4H3,(H,23,25). The van der Waals surface area contributed by atoms with E-state index in [4.69, 9.17) is 9.47 Å². The number of carbonyl (C=O) groups excluding carboxylic acids is 2. The SMILES string of the molecule is Cc1ccc(S(=O)(=O)N(C)c2ccc(OCC(=O)OCC(=O)NCC(C)C)cc2)cc1. The molecular weight excluding hydrogens is 420 g/mol. The van der Waals surface area contributed by atoms with Crippen molar-refractivity contribution in [3.05, 3.63) is 54.1 Å². The smallest absolute Gasteiger partial charge is 0.344 e. The zero-order chi connectivity index (χ0) is 23.0. The number of hydrogen-bond donors (Lipinski definition) is 1. The number of amides is 1. The van der Waals surface area contributed by atoms with Gasteiger partial charge in [0.15, 0.2) is 13.2 Å². The number of hydrogen-bond acceptors (Lipinski definition) is 6. The molecule has 0 unspecified atom stereocenters. The molecule has 0 saturated carbocycles. The number of esters is 1. The second-order valence-electron chi connectivity index (χ2n) is 7.43. The first-order chi connectivity index (χ1) is 14.6. The van der Waals surface area contributed by atoms with Crippen LogP contribution in [0.4, 0.5) is 5.69 Å². The average Bonchev–Trinajstić information content (AvgIpc) is 2.75. The Hall–Kier alpha value is -3.07. The lowest BCUT2D eigenvalue weighted by molar-refractivity contribution is -0.150. The predicted molar refractivity (Wildman–Crippen MR) is 118 cm³/mol. The number of carbonyl (C=O) groups is 2. The molecule has 0 aliphatic carbocycles. The fourth-order valence-electron chi connectivity index (χ4n) is 2.46. The minimum Gasteiger partial charge on any atom is -0.482 e. The summed E-state index contributed by atoms with van der Waals surface area (Å²) < 4.78 is 36.9. The summed E-state index contributed by atoms with van der Waals surface area (Å²) in [5.74, 6) is -0.380. The lowest BCUT2D eigenvalue weighted by atomic mass is 10.2. The summed E-state index contributed by atoms with van der Waals surface area (Å²) in [6.45, 7) is 5.58. The molecule has 8 nitrogen and oxygen atoms in total. The van der Waals surface area contributed by atoms with Crippen LogP contribution in [0.5, 0.6) is 5.75 Å². The highest BCUT2D eigenvalue weighted by Gasteiger charge is 2.21. The van der Waals surface area contributed by atoms with Crippen LogP contribution in [0.2, 0.25) is 0 Å². The summed E-state index contributed by atoms with van der Waals surface area (Å²) in [5, 5.41) is 2.64. The quantitative estimate of drug-likeness (QED) is 0.561. The number of rotatable bonds is 10. The second-order valence-corrected chi connectivity index (χ2v) is 9.40. The summed E-state index contributed by atoms with van der Waals surface area (Å²) in [4.78, 5) is 23.5. The fourth-order valence-corrected chi connectivity index (χ4v) is 3.65. The van der Waals surface area contributed by atoms with Crippen molar-refractivity contribution in [2.24, 2.45) is 5.92 Å². The van der Waals surface area contributed by atoms with E-state index >= 15 is 0 Å². The number of sulfonamides is 1. The largest absolute Gasteiger partial charge is 0.482 e. The number of anilines is 1. The van der Waals surface area contributed by atoms with Gasteiger partial charge < -0.3 is 14.8 Å². The Morgan fingerprint density at radius 1 is 1.00 bits per heavy atom. The van der Waals surface area contributed by atoms with Gasteiger partial charge >= 0.3 is 5.97 Å². The maximum absolute atomic E-state index is 12.8. The van der Waals surface area contributed by atoms with E-state index < -0.39 is 16.0 Å². The molecule has 2 aromatic carbocycles. The van der Waals surface area contributed by atoms with E-state index in [1.54, 1.807) is 48.5 Å². The van der Waals surface area contributed by atoms with E-state index in [9.17, 15) is 18.0 Å². The van der Waals surface area contributed by atoms with E-state index in [0.29, 0.717) is 23.9 Å². The lowest BCUT2D eigenvalue weighted by Crippen LogP contribution is -2.32. The van der Waals surface area contributed by atoms with E-state index in [2.05, 4.69) is 5.32 Å². The summed E-state index contributed by atoms with van der Waals surface area (Å²) in [6, 6.07) is 12.9. The van der Waals surface area contributed by atoms with Gasteiger partial charge in [0.1, 0.15) is 5.75 Å². The molecule has 2 rings (SSSR count). The maximum Gasteiger partial charge on any atom is 0.344 e.